The number of nitrogens with two attached hydrogens (primary N) is 1. The zero-order chi connectivity index (χ0) is 12.5. The molecule has 2 N–H and O–H groups in total. The molecule has 1 aromatic heterocycles. The molecular formula is C14H17N3O. The van der Waals surface area contributed by atoms with E-state index in [9.17, 15) is 0 Å². The fraction of sp³-hybridized carbons (Fsp3) is 0.357. The first-order valence-corrected chi connectivity index (χ1v) is 6.25. The number of aromatic nitrogens is 2. The Balaban J connectivity index is 1.80. The average Bonchev–Trinajstić information content (AvgIpc) is 3.14. The third-order valence-electron chi connectivity index (χ3n) is 3.23. The second-order valence-corrected chi connectivity index (χ2v) is 4.86. The monoisotopic (exact) mass is 243 g/mol. The van der Waals surface area contributed by atoms with E-state index in [2.05, 4.69) is 5.10 Å². The molecule has 1 saturated carbocycles. The van der Waals surface area contributed by atoms with Crippen molar-refractivity contribution < 1.29 is 4.74 Å². The van der Waals surface area contributed by atoms with Gasteiger partial charge in [-0.3, -0.25) is 4.68 Å². The number of hydrogen-bond acceptors (Lipinski definition) is 3. The van der Waals surface area contributed by atoms with Crippen LogP contribution in [0.4, 0.5) is 5.82 Å². The molecule has 0 spiro atoms. The van der Waals surface area contributed by atoms with Crippen molar-refractivity contribution >= 4 is 5.82 Å². The normalized spacial score (nSPS) is 14.7. The standard InChI is InChI=1S/C14H17N3O/c1-17-14(15)8-13(16-17)11-3-2-4-12(7-11)18-9-10-5-6-10/h2-4,7-8,10H,5-6,9,15H2,1H3. The van der Waals surface area contributed by atoms with Crippen molar-refractivity contribution in [1.29, 1.82) is 0 Å². The Labute approximate surface area is 106 Å². The highest BCUT2D eigenvalue weighted by Gasteiger charge is 2.21. The molecule has 0 bridgehead atoms. The zero-order valence-electron chi connectivity index (χ0n) is 10.5. The van der Waals surface area contributed by atoms with Crippen molar-refractivity contribution in [2.24, 2.45) is 13.0 Å². The molecule has 3 rings (SSSR count). The van der Waals surface area contributed by atoms with E-state index >= 15 is 0 Å². The van der Waals surface area contributed by atoms with Crippen LogP contribution in [0.15, 0.2) is 30.3 Å². The summed E-state index contributed by atoms with van der Waals surface area (Å²) in [4.78, 5) is 0. The van der Waals surface area contributed by atoms with Gasteiger partial charge in [0.05, 0.1) is 12.3 Å². The topological polar surface area (TPSA) is 53.1 Å². The molecule has 0 radical (unpaired) electrons. The maximum absolute atomic E-state index is 5.79. The highest BCUT2D eigenvalue weighted by atomic mass is 16.5. The van der Waals surface area contributed by atoms with Gasteiger partial charge in [0.15, 0.2) is 0 Å². The van der Waals surface area contributed by atoms with Crippen LogP contribution in [0.25, 0.3) is 11.3 Å². The van der Waals surface area contributed by atoms with Crippen LogP contribution in [0.3, 0.4) is 0 Å². The fourth-order valence-electron chi connectivity index (χ4n) is 1.87. The molecule has 1 heterocycles. The Morgan fingerprint density at radius 2 is 2.22 bits per heavy atom. The Kier molecular flexibility index (Phi) is 2.70. The van der Waals surface area contributed by atoms with Crippen LogP contribution in [0.1, 0.15) is 12.8 Å². The molecular weight excluding hydrogens is 226 g/mol. The van der Waals surface area contributed by atoms with Crippen LogP contribution in [0.5, 0.6) is 5.75 Å². The molecule has 0 aliphatic heterocycles. The summed E-state index contributed by atoms with van der Waals surface area (Å²) in [6.45, 7) is 0.827. The summed E-state index contributed by atoms with van der Waals surface area (Å²) in [7, 11) is 1.84. The highest BCUT2D eigenvalue weighted by Crippen LogP contribution is 2.30. The average molecular weight is 243 g/mol. The summed E-state index contributed by atoms with van der Waals surface area (Å²) in [5.41, 5.74) is 7.71. The quantitative estimate of drug-likeness (QED) is 0.897. The Morgan fingerprint density at radius 3 is 2.89 bits per heavy atom. The minimum absolute atomic E-state index is 0.661. The van der Waals surface area contributed by atoms with Gasteiger partial charge in [-0.05, 0) is 30.9 Å². The molecule has 0 saturated heterocycles. The summed E-state index contributed by atoms with van der Waals surface area (Å²) in [5.74, 6) is 2.33. The van der Waals surface area contributed by atoms with Gasteiger partial charge in [0, 0.05) is 18.7 Å². The van der Waals surface area contributed by atoms with Gasteiger partial charge in [-0.2, -0.15) is 5.10 Å². The number of nitrogens with zero attached hydrogens (tertiary/aromatic N) is 2. The van der Waals surface area contributed by atoms with Crippen molar-refractivity contribution in [3.63, 3.8) is 0 Å². The summed E-state index contributed by atoms with van der Waals surface area (Å²) >= 11 is 0. The molecule has 94 valence electrons. The number of ether oxygens (including phenoxy) is 1. The van der Waals surface area contributed by atoms with E-state index in [1.807, 2.05) is 37.4 Å². The van der Waals surface area contributed by atoms with Gasteiger partial charge in [-0.25, -0.2) is 0 Å². The number of anilines is 1. The molecule has 0 atom stereocenters. The van der Waals surface area contributed by atoms with Crippen molar-refractivity contribution in [3.05, 3.63) is 30.3 Å². The Morgan fingerprint density at radius 1 is 1.39 bits per heavy atom. The second-order valence-electron chi connectivity index (χ2n) is 4.86. The zero-order valence-corrected chi connectivity index (χ0v) is 10.5. The maximum atomic E-state index is 5.79. The fourth-order valence-corrected chi connectivity index (χ4v) is 1.87. The highest BCUT2D eigenvalue weighted by molar-refractivity contribution is 5.63. The van der Waals surface area contributed by atoms with E-state index in [1.165, 1.54) is 12.8 Å². The van der Waals surface area contributed by atoms with E-state index in [1.54, 1.807) is 4.68 Å². The van der Waals surface area contributed by atoms with E-state index in [0.717, 1.165) is 29.5 Å². The van der Waals surface area contributed by atoms with Crippen LogP contribution < -0.4 is 10.5 Å². The van der Waals surface area contributed by atoms with Crippen molar-refractivity contribution in [3.8, 4) is 17.0 Å². The predicted molar refractivity (Wildman–Crippen MR) is 71.3 cm³/mol. The number of benzene rings is 1. The maximum Gasteiger partial charge on any atom is 0.121 e. The van der Waals surface area contributed by atoms with Crippen LogP contribution in [-0.2, 0) is 7.05 Å². The largest absolute Gasteiger partial charge is 0.493 e. The van der Waals surface area contributed by atoms with Crippen molar-refractivity contribution in [2.75, 3.05) is 12.3 Å². The third kappa shape index (κ3) is 2.32. The minimum Gasteiger partial charge on any atom is -0.493 e. The SMILES string of the molecule is Cn1nc(-c2cccc(OCC3CC3)c2)cc1N. The molecule has 1 aliphatic rings. The Hall–Kier alpha value is -1.97. The van der Waals surface area contributed by atoms with Gasteiger partial charge < -0.3 is 10.5 Å². The molecule has 1 aromatic carbocycles. The first-order chi connectivity index (χ1) is 8.72. The summed E-state index contributed by atoms with van der Waals surface area (Å²) < 4.78 is 7.44. The lowest BCUT2D eigenvalue weighted by Gasteiger charge is -2.06. The predicted octanol–water partition coefficient (Wildman–Crippen LogP) is 2.46. The van der Waals surface area contributed by atoms with Gasteiger partial charge in [-0.15, -0.1) is 0 Å². The molecule has 1 fully saturated rings. The minimum atomic E-state index is 0.661. The number of rotatable bonds is 4. The van der Waals surface area contributed by atoms with Crippen LogP contribution in [0.2, 0.25) is 0 Å². The van der Waals surface area contributed by atoms with Gasteiger partial charge in [0.1, 0.15) is 11.6 Å². The molecule has 18 heavy (non-hydrogen) atoms. The van der Waals surface area contributed by atoms with Gasteiger partial charge in [0.25, 0.3) is 0 Å². The smallest absolute Gasteiger partial charge is 0.121 e. The first-order valence-electron chi connectivity index (χ1n) is 6.25. The number of aryl methyl sites for hydroxylation is 1. The lowest BCUT2D eigenvalue weighted by atomic mass is 10.1. The molecule has 4 nitrogen and oxygen atoms in total. The van der Waals surface area contributed by atoms with E-state index in [4.69, 9.17) is 10.5 Å². The van der Waals surface area contributed by atoms with Crippen molar-refractivity contribution in [1.82, 2.24) is 9.78 Å². The first kappa shape index (κ1) is 11.1. The van der Waals surface area contributed by atoms with Gasteiger partial charge in [0.2, 0.25) is 0 Å². The Bertz CT molecular complexity index is 538. The third-order valence-corrected chi connectivity index (χ3v) is 3.23. The lowest BCUT2D eigenvalue weighted by molar-refractivity contribution is 0.300. The summed E-state index contributed by atoms with van der Waals surface area (Å²) in [6.07, 6.45) is 2.60. The molecule has 0 amide bonds. The number of hydrogen-bond donors (Lipinski definition) is 1. The molecule has 1 aliphatic carbocycles. The molecule has 2 aromatic rings. The van der Waals surface area contributed by atoms with E-state index in [0.29, 0.717) is 5.82 Å². The van der Waals surface area contributed by atoms with Crippen LogP contribution >= 0.6 is 0 Å². The van der Waals surface area contributed by atoms with Crippen LogP contribution in [0, 0.1) is 5.92 Å². The second kappa shape index (κ2) is 4.37. The van der Waals surface area contributed by atoms with Gasteiger partial charge in [-0.1, -0.05) is 12.1 Å². The van der Waals surface area contributed by atoms with Crippen molar-refractivity contribution in [2.45, 2.75) is 12.8 Å². The molecule has 0 unspecified atom stereocenters. The van der Waals surface area contributed by atoms with Crippen LogP contribution in [-0.4, -0.2) is 16.4 Å². The summed E-state index contributed by atoms with van der Waals surface area (Å²) in [5, 5.41) is 4.37. The van der Waals surface area contributed by atoms with E-state index < -0.39 is 0 Å². The number of nitrogen functional groups attached to an aromatic ring is 1. The molecule has 4 heteroatoms. The lowest BCUT2D eigenvalue weighted by Crippen LogP contribution is -1.98. The van der Waals surface area contributed by atoms with Gasteiger partial charge >= 0.3 is 0 Å². The van der Waals surface area contributed by atoms with E-state index in [-0.39, 0.29) is 0 Å². The summed E-state index contributed by atoms with van der Waals surface area (Å²) in [6, 6.07) is 9.89.